The van der Waals surface area contributed by atoms with Crippen molar-refractivity contribution >= 4 is 33.4 Å². The summed E-state index contributed by atoms with van der Waals surface area (Å²) in [7, 11) is 0. The Bertz CT molecular complexity index is 881. The molecule has 0 atom stereocenters. The Kier molecular flexibility index (Phi) is 6.30. The van der Waals surface area contributed by atoms with Gasteiger partial charge < -0.3 is 10.1 Å². The standard InChI is InChI=1S/C19H17BrClN3O2/c20-16-11-23-24(12-16)9-8-22-19(25)15-6-4-14(5-7-15)13-26-18-3-1-2-17(21)10-18/h1-7,10-12H,8-9,13H2,(H,22,25). The summed E-state index contributed by atoms with van der Waals surface area (Å²) in [6.07, 6.45) is 3.58. The molecular weight excluding hydrogens is 418 g/mol. The van der Waals surface area contributed by atoms with Crippen LogP contribution in [-0.2, 0) is 13.2 Å². The molecule has 7 heteroatoms. The third-order valence-corrected chi connectivity index (χ3v) is 4.29. The van der Waals surface area contributed by atoms with E-state index in [1.54, 1.807) is 35.1 Å². The van der Waals surface area contributed by atoms with Crippen molar-refractivity contribution in [3.63, 3.8) is 0 Å². The lowest BCUT2D eigenvalue weighted by molar-refractivity contribution is 0.0952. The van der Waals surface area contributed by atoms with Crippen LogP contribution < -0.4 is 10.1 Å². The van der Waals surface area contributed by atoms with E-state index < -0.39 is 0 Å². The summed E-state index contributed by atoms with van der Waals surface area (Å²) in [5.41, 5.74) is 1.58. The summed E-state index contributed by atoms with van der Waals surface area (Å²) in [6, 6.07) is 14.6. The second-order valence-electron chi connectivity index (χ2n) is 5.62. The van der Waals surface area contributed by atoms with Crippen molar-refractivity contribution in [3.8, 4) is 5.75 Å². The van der Waals surface area contributed by atoms with Gasteiger partial charge in [0.05, 0.1) is 17.2 Å². The number of nitrogens with zero attached hydrogens (tertiary/aromatic N) is 2. The van der Waals surface area contributed by atoms with Crippen molar-refractivity contribution in [1.82, 2.24) is 15.1 Å². The van der Waals surface area contributed by atoms with E-state index in [4.69, 9.17) is 16.3 Å². The maximum atomic E-state index is 12.2. The minimum absolute atomic E-state index is 0.112. The monoisotopic (exact) mass is 433 g/mol. The quantitative estimate of drug-likeness (QED) is 0.603. The van der Waals surface area contributed by atoms with E-state index in [1.807, 2.05) is 30.5 Å². The highest BCUT2D eigenvalue weighted by molar-refractivity contribution is 9.10. The smallest absolute Gasteiger partial charge is 0.251 e. The fraction of sp³-hybridized carbons (Fsp3) is 0.158. The van der Waals surface area contributed by atoms with Crippen molar-refractivity contribution in [1.29, 1.82) is 0 Å². The molecule has 1 amide bonds. The predicted molar refractivity (Wildman–Crippen MR) is 104 cm³/mol. The van der Waals surface area contributed by atoms with Gasteiger partial charge in [0.25, 0.3) is 5.91 Å². The van der Waals surface area contributed by atoms with Crippen LogP contribution in [0.15, 0.2) is 65.4 Å². The van der Waals surface area contributed by atoms with Crippen molar-refractivity contribution in [2.24, 2.45) is 0 Å². The molecule has 0 aliphatic carbocycles. The zero-order valence-electron chi connectivity index (χ0n) is 13.9. The molecule has 2 aromatic carbocycles. The predicted octanol–water partition coefficient (Wildman–Crippen LogP) is 4.31. The van der Waals surface area contributed by atoms with Crippen LogP contribution in [0.3, 0.4) is 0 Å². The Balaban J connectivity index is 1.47. The molecule has 0 bridgehead atoms. The average molecular weight is 435 g/mol. The van der Waals surface area contributed by atoms with Gasteiger partial charge in [0, 0.05) is 23.3 Å². The number of rotatable bonds is 7. The molecule has 1 heterocycles. The van der Waals surface area contributed by atoms with Gasteiger partial charge in [0.1, 0.15) is 12.4 Å². The first-order chi connectivity index (χ1) is 12.6. The highest BCUT2D eigenvalue weighted by Gasteiger charge is 2.05. The van der Waals surface area contributed by atoms with Crippen molar-refractivity contribution in [3.05, 3.63) is 81.5 Å². The fourth-order valence-corrected chi connectivity index (χ4v) is 2.83. The number of ether oxygens (including phenoxy) is 1. The Morgan fingerprint density at radius 2 is 2.04 bits per heavy atom. The van der Waals surface area contributed by atoms with Gasteiger partial charge in [-0.3, -0.25) is 9.48 Å². The molecule has 5 nitrogen and oxygen atoms in total. The van der Waals surface area contributed by atoms with Crippen LogP contribution >= 0.6 is 27.5 Å². The maximum absolute atomic E-state index is 12.2. The van der Waals surface area contributed by atoms with Gasteiger partial charge in [-0.15, -0.1) is 0 Å². The van der Waals surface area contributed by atoms with E-state index in [-0.39, 0.29) is 5.91 Å². The van der Waals surface area contributed by atoms with Gasteiger partial charge in [-0.2, -0.15) is 5.10 Å². The molecule has 0 saturated carbocycles. The van der Waals surface area contributed by atoms with Crippen molar-refractivity contribution in [2.75, 3.05) is 6.54 Å². The molecule has 0 saturated heterocycles. The molecule has 134 valence electrons. The second-order valence-corrected chi connectivity index (χ2v) is 6.97. The largest absolute Gasteiger partial charge is 0.489 e. The molecule has 1 aromatic heterocycles. The number of aromatic nitrogens is 2. The minimum Gasteiger partial charge on any atom is -0.489 e. The third-order valence-electron chi connectivity index (χ3n) is 3.65. The second kappa shape index (κ2) is 8.87. The third kappa shape index (κ3) is 5.34. The molecule has 3 aromatic rings. The van der Waals surface area contributed by atoms with E-state index >= 15 is 0 Å². The van der Waals surface area contributed by atoms with Crippen molar-refractivity contribution < 1.29 is 9.53 Å². The van der Waals surface area contributed by atoms with Crippen LogP contribution in [-0.4, -0.2) is 22.2 Å². The Morgan fingerprint density at radius 1 is 1.23 bits per heavy atom. The van der Waals surface area contributed by atoms with E-state index in [9.17, 15) is 4.79 Å². The first kappa shape index (κ1) is 18.5. The topological polar surface area (TPSA) is 56.2 Å². The van der Waals surface area contributed by atoms with Crippen LogP contribution in [0.1, 0.15) is 15.9 Å². The summed E-state index contributed by atoms with van der Waals surface area (Å²) in [6.45, 7) is 1.53. The van der Waals surface area contributed by atoms with E-state index in [0.29, 0.717) is 36.0 Å². The molecule has 1 N–H and O–H groups in total. The first-order valence-electron chi connectivity index (χ1n) is 8.03. The molecule has 0 aliphatic rings. The molecule has 3 rings (SSSR count). The first-order valence-corrected chi connectivity index (χ1v) is 9.21. The highest BCUT2D eigenvalue weighted by atomic mass is 79.9. The molecule has 0 unspecified atom stereocenters. The van der Waals surface area contributed by atoms with E-state index in [0.717, 1.165) is 10.0 Å². The lowest BCUT2D eigenvalue weighted by Gasteiger charge is -2.08. The Labute approximate surface area is 165 Å². The van der Waals surface area contributed by atoms with Crippen LogP contribution in [0, 0.1) is 0 Å². The molecule has 26 heavy (non-hydrogen) atoms. The number of benzene rings is 2. The van der Waals surface area contributed by atoms with Gasteiger partial charge in [0.2, 0.25) is 0 Å². The SMILES string of the molecule is O=C(NCCn1cc(Br)cn1)c1ccc(COc2cccc(Cl)c2)cc1. The lowest BCUT2D eigenvalue weighted by atomic mass is 10.1. The molecule has 0 aliphatic heterocycles. The maximum Gasteiger partial charge on any atom is 0.251 e. The number of amides is 1. The molecule has 0 radical (unpaired) electrons. The zero-order chi connectivity index (χ0) is 18.4. The number of hydrogen-bond acceptors (Lipinski definition) is 3. The van der Waals surface area contributed by atoms with Crippen LogP contribution in [0.25, 0.3) is 0 Å². The van der Waals surface area contributed by atoms with Gasteiger partial charge in [-0.25, -0.2) is 0 Å². The number of hydrogen-bond donors (Lipinski definition) is 1. The van der Waals surface area contributed by atoms with E-state index in [1.165, 1.54) is 0 Å². The summed E-state index contributed by atoms with van der Waals surface area (Å²) in [4.78, 5) is 12.2. The number of halogens is 2. The summed E-state index contributed by atoms with van der Waals surface area (Å²) in [5.74, 6) is 0.600. The van der Waals surface area contributed by atoms with E-state index in [2.05, 4.69) is 26.3 Å². The lowest BCUT2D eigenvalue weighted by Crippen LogP contribution is -2.27. The normalized spacial score (nSPS) is 10.5. The van der Waals surface area contributed by atoms with Gasteiger partial charge in [0.15, 0.2) is 0 Å². The highest BCUT2D eigenvalue weighted by Crippen LogP contribution is 2.18. The fourth-order valence-electron chi connectivity index (χ4n) is 2.32. The minimum atomic E-state index is -0.112. The zero-order valence-corrected chi connectivity index (χ0v) is 16.2. The van der Waals surface area contributed by atoms with Crippen LogP contribution in [0.2, 0.25) is 5.02 Å². The van der Waals surface area contributed by atoms with Crippen molar-refractivity contribution in [2.45, 2.75) is 13.2 Å². The number of carbonyl (C=O) groups excluding carboxylic acids is 1. The van der Waals surface area contributed by atoms with Gasteiger partial charge in [-0.05, 0) is 51.8 Å². The Hall–Kier alpha value is -2.31. The summed E-state index contributed by atoms with van der Waals surface area (Å²) < 4.78 is 8.37. The van der Waals surface area contributed by atoms with Crippen LogP contribution in [0.5, 0.6) is 5.75 Å². The summed E-state index contributed by atoms with van der Waals surface area (Å²) >= 11 is 9.27. The molecular formula is C19H17BrClN3O2. The summed E-state index contributed by atoms with van der Waals surface area (Å²) in [5, 5.41) is 7.66. The number of carbonyl (C=O) groups is 1. The Morgan fingerprint density at radius 3 is 2.73 bits per heavy atom. The van der Waals surface area contributed by atoms with Gasteiger partial charge in [-0.1, -0.05) is 29.8 Å². The molecule has 0 fully saturated rings. The number of nitrogens with one attached hydrogen (secondary N) is 1. The van der Waals surface area contributed by atoms with Crippen LogP contribution in [0.4, 0.5) is 0 Å². The van der Waals surface area contributed by atoms with Gasteiger partial charge >= 0.3 is 0 Å². The average Bonchev–Trinajstić information content (AvgIpc) is 3.05. The molecule has 0 spiro atoms.